The lowest BCUT2D eigenvalue weighted by molar-refractivity contribution is -0.137. The summed E-state index contributed by atoms with van der Waals surface area (Å²) in [5, 5.41) is 0.384. The molecule has 45 heavy (non-hydrogen) atoms. The molecule has 4 rings (SSSR count). The molecule has 0 bridgehead atoms. The molecule has 12 heteroatoms. The molecule has 0 unspecified atom stereocenters. The van der Waals surface area contributed by atoms with Gasteiger partial charge in [0.25, 0.3) is 5.56 Å². The molecule has 0 N–H and O–H groups in total. The van der Waals surface area contributed by atoms with Crippen molar-refractivity contribution in [3.63, 3.8) is 0 Å². The van der Waals surface area contributed by atoms with Crippen LogP contribution in [0.2, 0.25) is 0 Å². The Morgan fingerprint density at radius 1 is 0.933 bits per heavy atom. The van der Waals surface area contributed by atoms with Crippen molar-refractivity contribution < 1.29 is 22.4 Å². The van der Waals surface area contributed by atoms with Crippen molar-refractivity contribution in [2.45, 2.75) is 50.9 Å². The number of alkyl halides is 3. The molecule has 7 nitrogen and oxygen atoms in total. The van der Waals surface area contributed by atoms with Crippen molar-refractivity contribution in [3.8, 4) is 11.3 Å². The number of nitrogens with zero attached hydrogens (tertiary/aromatic N) is 5. The van der Waals surface area contributed by atoms with Crippen LogP contribution in [0.4, 0.5) is 17.6 Å². The number of likely N-dealkylation sites (N-methyl/N-ethyl adjacent to an activating group) is 1. The number of thioether (sulfide) groups is 1. The zero-order valence-electron chi connectivity index (χ0n) is 25.4. The van der Waals surface area contributed by atoms with Gasteiger partial charge in [0.2, 0.25) is 5.91 Å². The second kappa shape index (κ2) is 15.3. The highest BCUT2D eigenvalue weighted by molar-refractivity contribution is 7.98. The Labute approximate surface area is 263 Å². The van der Waals surface area contributed by atoms with Crippen LogP contribution in [0.15, 0.2) is 83.0 Å². The first-order chi connectivity index (χ1) is 21.5. The molecule has 0 radical (unpaired) electrons. The summed E-state index contributed by atoms with van der Waals surface area (Å²) in [6.45, 7) is 8.74. The predicted octanol–water partition coefficient (Wildman–Crippen LogP) is 6.43. The Morgan fingerprint density at radius 2 is 1.60 bits per heavy atom. The van der Waals surface area contributed by atoms with E-state index in [-0.39, 0.29) is 30.4 Å². The molecular weight excluding hydrogens is 606 g/mol. The van der Waals surface area contributed by atoms with Gasteiger partial charge in [0.1, 0.15) is 12.4 Å². The largest absolute Gasteiger partial charge is 0.416 e. The fraction of sp³-hybridized carbons (Fsp3) is 0.333. The number of carbonyl (C=O) groups is 1. The van der Waals surface area contributed by atoms with Crippen LogP contribution >= 0.6 is 11.8 Å². The number of halogens is 4. The van der Waals surface area contributed by atoms with Crippen LogP contribution in [0.25, 0.3) is 11.3 Å². The minimum atomic E-state index is -4.41. The number of aromatic nitrogens is 3. The monoisotopic (exact) mass is 641 g/mol. The summed E-state index contributed by atoms with van der Waals surface area (Å²) in [6, 6.07) is 14.4. The maximum atomic E-state index is 13.8. The Hall–Kier alpha value is -4.03. The van der Waals surface area contributed by atoms with E-state index >= 15 is 0 Å². The zero-order valence-corrected chi connectivity index (χ0v) is 26.2. The molecule has 0 aliphatic rings. The van der Waals surface area contributed by atoms with Crippen LogP contribution in [0.5, 0.6) is 0 Å². The highest BCUT2D eigenvalue weighted by Gasteiger charge is 2.30. The summed E-state index contributed by atoms with van der Waals surface area (Å²) < 4.78 is 53.9. The quantitative estimate of drug-likeness (QED) is 0.0952. The van der Waals surface area contributed by atoms with Gasteiger partial charge >= 0.3 is 6.18 Å². The summed E-state index contributed by atoms with van der Waals surface area (Å²) in [5.41, 5.74) is 1.99. The first-order valence-electron chi connectivity index (χ1n) is 14.5. The normalized spacial score (nSPS) is 11.6. The molecule has 0 saturated heterocycles. The molecule has 0 aliphatic carbocycles. The summed E-state index contributed by atoms with van der Waals surface area (Å²) >= 11 is 1.29. The second-order valence-electron chi connectivity index (χ2n) is 10.5. The van der Waals surface area contributed by atoms with Gasteiger partial charge in [-0.25, -0.2) is 4.39 Å². The van der Waals surface area contributed by atoms with Crippen LogP contribution in [-0.2, 0) is 29.8 Å². The van der Waals surface area contributed by atoms with Crippen LogP contribution < -0.4 is 5.56 Å². The Kier molecular flexibility index (Phi) is 11.5. The van der Waals surface area contributed by atoms with Gasteiger partial charge < -0.3 is 14.4 Å². The fourth-order valence-electron chi connectivity index (χ4n) is 4.62. The average molecular weight is 642 g/mol. The lowest BCUT2D eigenvalue weighted by Crippen LogP contribution is -2.40. The van der Waals surface area contributed by atoms with Crippen molar-refractivity contribution in [2.24, 2.45) is 0 Å². The summed E-state index contributed by atoms with van der Waals surface area (Å²) in [7, 11) is 0. The standard InChI is InChI=1S/C33H35F4N5O2S/c1-4-40(5-2)16-17-41(20-25-8-15-29(38-18-25)26-9-11-27(12-10-26)33(35,36)37)30(43)21-42-19-23(3)31(44)39-32(42)45-22-24-6-13-28(34)14-7-24/h6-15,18-19H,4-5,16-17,20-22H2,1-3H3. The maximum Gasteiger partial charge on any atom is 0.416 e. The lowest BCUT2D eigenvalue weighted by atomic mass is 10.1. The van der Waals surface area contributed by atoms with Crippen LogP contribution in [0, 0.1) is 12.7 Å². The van der Waals surface area contributed by atoms with Crippen LogP contribution in [0.3, 0.4) is 0 Å². The van der Waals surface area contributed by atoms with Gasteiger partial charge in [-0.1, -0.05) is 55.9 Å². The van der Waals surface area contributed by atoms with Crippen molar-refractivity contribution in [3.05, 3.63) is 111 Å². The van der Waals surface area contributed by atoms with Crippen molar-refractivity contribution in [1.29, 1.82) is 0 Å². The predicted molar refractivity (Wildman–Crippen MR) is 167 cm³/mol. The topological polar surface area (TPSA) is 71.3 Å². The molecule has 2 aromatic carbocycles. The number of hydrogen-bond acceptors (Lipinski definition) is 6. The Balaban J connectivity index is 1.53. The Bertz CT molecular complexity index is 1620. The SMILES string of the molecule is CCN(CC)CCN(Cc1ccc(-c2ccc(C(F)(F)F)cc2)nc1)C(=O)Cn1cc(C)c(=O)nc1SCc1ccc(F)cc1. The van der Waals surface area contributed by atoms with E-state index in [1.54, 1.807) is 47.0 Å². The third-order valence-corrected chi connectivity index (χ3v) is 8.42. The van der Waals surface area contributed by atoms with Gasteiger partial charge in [-0.05, 0) is 61.5 Å². The molecule has 4 aromatic rings. The molecular formula is C33H35F4N5O2S. The second-order valence-corrected chi connectivity index (χ2v) is 11.5. The number of benzene rings is 2. The molecule has 238 valence electrons. The first-order valence-corrected chi connectivity index (χ1v) is 15.5. The number of aryl methyl sites for hydroxylation is 1. The molecule has 0 spiro atoms. The Morgan fingerprint density at radius 3 is 2.20 bits per heavy atom. The van der Waals surface area contributed by atoms with E-state index in [9.17, 15) is 27.2 Å². The lowest BCUT2D eigenvalue weighted by Gasteiger charge is -2.27. The van der Waals surface area contributed by atoms with E-state index in [0.717, 1.165) is 36.3 Å². The first kappa shape index (κ1) is 33.9. The number of amides is 1. The molecule has 0 atom stereocenters. The van der Waals surface area contributed by atoms with Crippen molar-refractivity contribution >= 4 is 17.7 Å². The van der Waals surface area contributed by atoms with Crippen LogP contribution in [-0.4, -0.2) is 56.4 Å². The van der Waals surface area contributed by atoms with E-state index in [2.05, 4.69) is 28.7 Å². The van der Waals surface area contributed by atoms with Gasteiger partial charge in [0.15, 0.2) is 5.16 Å². The number of hydrogen-bond donors (Lipinski definition) is 0. The molecule has 0 fully saturated rings. The maximum absolute atomic E-state index is 13.8. The fourth-order valence-corrected chi connectivity index (χ4v) is 5.54. The molecule has 0 saturated carbocycles. The van der Waals surface area contributed by atoms with Crippen molar-refractivity contribution in [1.82, 2.24) is 24.3 Å². The molecule has 0 aliphatic heterocycles. The van der Waals surface area contributed by atoms with Gasteiger partial charge in [-0.3, -0.25) is 14.6 Å². The summed E-state index contributed by atoms with van der Waals surface area (Å²) in [4.78, 5) is 38.8. The van der Waals surface area contributed by atoms with Gasteiger partial charge in [-0.15, -0.1) is 0 Å². The summed E-state index contributed by atoms with van der Waals surface area (Å²) in [6.07, 6.45) is -1.16. The summed E-state index contributed by atoms with van der Waals surface area (Å²) in [5.74, 6) is -0.0801. The average Bonchev–Trinajstić information content (AvgIpc) is 3.02. The van der Waals surface area contributed by atoms with E-state index < -0.39 is 11.7 Å². The van der Waals surface area contributed by atoms with E-state index in [1.807, 2.05) is 6.07 Å². The highest BCUT2D eigenvalue weighted by atomic mass is 32.2. The highest BCUT2D eigenvalue weighted by Crippen LogP contribution is 2.30. The van der Waals surface area contributed by atoms with E-state index in [4.69, 9.17) is 0 Å². The van der Waals surface area contributed by atoms with Gasteiger partial charge in [0, 0.05) is 48.9 Å². The number of carbonyl (C=O) groups excluding carboxylic acids is 1. The van der Waals surface area contributed by atoms with E-state index in [1.165, 1.54) is 36.0 Å². The van der Waals surface area contributed by atoms with E-state index in [0.29, 0.717) is 40.8 Å². The molecule has 2 aromatic heterocycles. The molecule has 2 heterocycles. The number of pyridine rings is 1. The smallest absolute Gasteiger partial charge is 0.335 e. The van der Waals surface area contributed by atoms with Crippen molar-refractivity contribution in [2.75, 3.05) is 26.2 Å². The molecule has 1 amide bonds. The minimum absolute atomic E-state index is 0.0464. The minimum Gasteiger partial charge on any atom is -0.335 e. The van der Waals surface area contributed by atoms with Gasteiger partial charge in [-0.2, -0.15) is 18.2 Å². The third kappa shape index (κ3) is 9.48. The van der Waals surface area contributed by atoms with Gasteiger partial charge in [0.05, 0.1) is 11.3 Å². The zero-order chi connectivity index (χ0) is 32.6. The number of rotatable bonds is 13. The van der Waals surface area contributed by atoms with Crippen LogP contribution in [0.1, 0.15) is 36.1 Å². The third-order valence-electron chi connectivity index (χ3n) is 7.36.